The molecule has 0 atom stereocenters. The van der Waals surface area contributed by atoms with Crippen molar-refractivity contribution in [3.63, 3.8) is 0 Å². The number of ether oxygens (including phenoxy) is 1. The lowest BCUT2D eigenvalue weighted by atomic mass is 10.2. The summed E-state index contributed by atoms with van der Waals surface area (Å²) in [5.41, 5.74) is 2.21. The second-order valence-corrected chi connectivity index (χ2v) is 8.49. The van der Waals surface area contributed by atoms with E-state index < -0.39 is 0 Å². The van der Waals surface area contributed by atoms with Crippen LogP contribution in [-0.4, -0.2) is 59.2 Å². The van der Waals surface area contributed by atoms with Crippen LogP contribution in [0.5, 0.6) is 5.75 Å². The Balaban J connectivity index is 1.12. The Morgan fingerprint density at radius 2 is 1.74 bits per heavy atom. The van der Waals surface area contributed by atoms with Crippen molar-refractivity contribution in [2.75, 3.05) is 44.2 Å². The predicted octanol–water partition coefficient (Wildman–Crippen LogP) is 4.61. The fraction of sp³-hybridized carbons (Fsp3) is 0.391. The Morgan fingerprint density at radius 3 is 2.48 bits per heavy atom. The zero-order valence-corrected chi connectivity index (χ0v) is 19.0. The van der Waals surface area contributed by atoms with Gasteiger partial charge in [-0.1, -0.05) is 46.6 Å². The maximum absolute atomic E-state index is 6.36. The molecule has 1 fully saturated rings. The molecule has 31 heavy (non-hydrogen) atoms. The van der Waals surface area contributed by atoms with Gasteiger partial charge < -0.3 is 9.64 Å². The summed E-state index contributed by atoms with van der Waals surface area (Å²) in [4.78, 5) is 4.83. The Hall–Kier alpha value is -2.28. The molecule has 0 spiro atoms. The van der Waals surface area contributed by atoms with Crippen molar-refractivity contribution in [1.82, 2.24) is 19.9 Å². The molecule has 0 saturated carbocycles. The summed E-state index contributed by atoms with van der Waals surface area (Å²) in [6.45, 7) is 6.57. The summed E-state index contributed by atoms with van der Waals surface area (Å²) in [5, 5.41) is 9.08. The van der Waals surface area contributed by atoms with Gasteiger partial charge in [0.1, 0.15) is 5.75 Å². The molecule has 1 aliphatic heterocycles. The molecule has 3 aromatic rings. The predicted molar refractivity (Wildman–Crippen MR) is 125 cm³/mol. The number of benzene rings is 2. The van der Waals surface area contributed by atoms with Crippen molar-refractivity contribution in [2.45, 2.75) is 19.4 Å². The smallest absolute Gasteiger partial charge is 0.119 e. The second kappa shape index (κ2) is 10.8. The van der Waals surface area contributed by atoms with Crippen LogP contribution in [-0.2, 0) is 6.54 Å². The lowest BCUT2D eigenvalue weighted by Crippen LogP contribution is -2.46. The number of hydrogen-bond donors (Lipinski definition) is 0. The minimum Gasteiger partial charge on any atom is -0.494 e. The van der Waals surface area contributed by atoms with Gasteiger partial charge in [0.05, 0.1) is 35.1 Å². The van der Waals surface area contributed by atoms with E-state index in [2.05, 4.69) is 32.2 Å². The fourth-order valence-electron chi connectivity index (χ4n) is 3.77. The number of piperazine rings is 1. The number of aromatic nitrogens is 3. The van der Waals surface area contributed by atoms with Gasteiger partial charge in [-0.25, -0.2) is 4.68 Å². The third-order valence-corrected chi connectivity index (χ3v) is 6.33. The second-order valence-electron chi connectivity index (χ2n) is 7.70. The summed E-state index contributed by atoms with van der Waals surface area (Å²) >= 11 is 12.5. The highest BCUT2D eigenvalue weighted by atomic mass is 35.5. The average molecular weight is 460 g/mol. The van der Waals surface area contributed by atoms with Crippen molar-refractivity contribution in [1.29, 1.82) is 0 Å². The van der Waals surface area contributed by atoms with Gasteiger partial charge in [0.15, 0.2) is 0 Å². The maximum atomic E-state index is 6.36. The van der Waals surface area contributed by atoms with E-state index >= 15 is 0 Å². The van der Waals surface area contributed by atoms with E-state index in [1.165, 1.54) is 5.56 Å². The molecule has 164 valence electrons. The number of halogens is 2. The van der Waals surface area contributed by atoms with E-state index in [9.17, 15) is 0 Å². The third-order valence-electron chi connectivity index (χ3n) is 5.52. The first-order valence-corrected chi connectivity index (χ1v) is 11.4. The van der Waals surface area contributed by atoms with Crippen LogP contribution >= 0.6 is 23.2 Å². The van der Waals surface area contributed by atoms with Crippen LogP contribution in [0.15, 0.2) is 54.9 Å². The molecule has 0 bridgehead atoms. The summed E-state index contributed by atoms with van der Waals surface area (Å²) in [6.07, 6.45) is 5.71. The highest BCUT2D eigenvalue weighted by Crippen LogP contribution is 2.32. The molecule has 0 radical (unpaired) electrons. The summed E-state index contributed by atoms with van der Waals surface area (Å²) in [7, 11) is 0. The van der Waals surface area contributed by atoms with Crippen molar-refractivity contribution >= 4 is 28.9 Å². The Labute approximate surface area is 193 Å². The van der Waals surface area contributed by atoms with Gasteiger partial charge in [0.25, 0.3) is 0 Å². The maximum Gasteiger partial charge on any atom is 0.119 e. The fourth-order valence-corrected chi connectivity index (χ4v) is 4.19. The zero-order chi connectivity index (χ0) is 21.5. The molecule has 1 aromatic heterocycles. The third kappa shape index (κ3) is 6.12. The molecule has 2 heterocycles. The van der Waals surface area contributed by atoms with Gasteiger partial charge >= 0.3 is 0 Å². The first-order valence-electron chi connectivity index (χ1n) is 10.7. The van der Waals surface area contributed by atoms with Crippen molar-refractivity contribution in [2.24, 2.45) is 0 Å². The number of hydrogen-bond acceptors (Lipinski definition) is 5. The van der Waals surface area contributed by atoms with E-state index in [1.54, 1.807) is 10.9 Å². The van der Waals surface area contributed by atoms with Crippen LogP contribution < -0.4 is 9.64 Å². The summed E-state index contributed by atoms with van der Waals surface area (Å²) in [6, 6.07) is 14.0. The van der Waals surface area contributed by atoms with Crippen LogP contribution in [0.1, 0.15) is 18.4 Å². The first-order chi connectivity index (χ1) is 15.2. The van der Waals surface area contributed by atoms with E-state index in [0.29, 0.717) is 10.0 Å². The van der Waals surface area contributed by atoms with Crippen LogP contribution in [0.25, 0.3) is 0 Å². The topological polar surface area (TPSA) is 46.4 Å². The van der Waals surface area contributed by atoms with Gasteiger partial charge in [0, 0.05) is 32.4 Å². The number of unbranched alkanes of at least 4 members (excludes halogenated alkanes) is 1. The Bertz CT molecular complexity index is 941. The number of rotatable bonds is 9. The monoisotopic (exact) mass is 459 g/mol. The highest BCUT2D eigenvalue weighted by molar-refractivity contribution is 6.43. The SMILES string of the molecule is Clc1cccc(N2CCN(CCCCOc3ccc(Cn4ccnn4)cc3)CC2)c1Cl. The lowest BCUT2D eigenvalue weighted by molar-refractivity contribution is 0.238. The zero-order valence-electron chi connectivity index (χ0n) is 17.5. The minimum absolute atomic E-state index is 0.617. The molecule has 0 amide bonds. The molecular formula is C23H27Cl2N5O. The van der Waals surface area contributed by atoms with Gasteiger partial charge in [-0.3, -0.25) is 4.90 Å². The summed E-state index contributed by atoms with van der Waals surface area (Å²) < 4.78 is 7.70. The molecule has 6 nitrogen and oxygen atoms in total. The van der Waals surface area contributed by atoms with E-state index in [1.807, 2.05) is 36.5 Å². The van der Waals surface area contributed by atoms with Crippen molar-refractivity contribution in [3.8, 4) is 5.75 Å². The van der Waals surface area contributed by atoms with Crippen molar-refractivity contribution in [3.05, 3.63) is 70.5 Å². The number of anilines is 1. The van der Waals surface area contributed by atoms with Crippen LogP contribution in [0, 0.1) is 0 Å². The quantitative estimate of drug-likeness (QED) is 0.437. The van der Waals surface area contributed by atoms with Crippen LogP contribution in [0.2, 0.25) is 10.0 Å². The van der Waals surface area contributed by atoms with E-state index in [0.717, 1.165) is 70.2 Å². The summed E-state index contributed by atoms with van der Waals surface area (Å²) in [5.74, 6) is 0.911. The van der Waals surface area contributed by atoms with Crippen molar-refractivity contribution < 1.29 is 4.74 Å². The lowest BCUT2D eigenvalue weighted by Gasteiger charge is -2.36. The molecule has 1 aliphatic rings. The highest BCUT2D eigenvalue weighted by Gasteiger charge is 2.19. The van der Waals surface area contributed by atoms with Gasteiger partial charge in [-0.15, -0.1) is 5.10 Å². The van der Waals surface area contributed by atoms with E-state index in [-0.39, 0.29) is 0 Å². The average Bonchev–Trinajstić information content (AvgIpc) is 3.30. The largest absolute Gasteiger partial charge is 0.494 e. The standard InChI is InChI=1S/C23H27Cl2N5O/c24-21-4-3-5-22(23(21)25)29-15-13-28(14-16-29)11-1-2-17-31-20-8-6-19(7-9-20)18-30-12-10-26-27-30/h3-10,12H,1-2,11,13-18H2. The molecular weight excluding hydrogens is 433 g/mol. The Kier molecular flexibility index (Phi) is 7.67. The minimum atomic E-state index is 0.617. The normalized spacial score (nSPS) is 14.7. The molecule has 1 saturated heterocycles. The molecule has 8 heteroatoms. The van der Waals surface area contributed by atoms with Gasteiger partial charge in [-0.05, 0) is 49.2 Å². The van der Waals surface area contributed by atoms with Crippen LogP contribution in [0.3, 0.4) is 0 Å². The molecule has 2 aromatic carbocycles. The van der Waals surface area contributed by atoms with Crippen LogP contribution in [0.4, 0.5) is 5.69 Å². The molecule has 4 rings (SSSR count). The molecule has 0 aliphatic carbocycles. The van der Waals surface area contributed by atoms with Gasteiger partial charge in [-0.2, -0.15) is 0 Å². The Morgan fingerprint density at radius 1 is 0.935 bits per heavy atom. The number of nitrogens with zero attached hydrogens (tertiary/aromatic N) is 5. The first kappa shape index (κ1) is 21.9. The van der Waals surface area contributed by atoms with E-state index in [4.69, 9.17) is 27.9 Å². The molecule has 0 unspecified atom stereocenters. The molecule has 0 N–H and O–H groups in total. The van der Waals surface area contributed by atoms with Gasteiger partial charge in [0.2, 0.25) is 0 Å².